The summed E-state index contributed by atoms with van der Waals surface area (Å²) >= 11 is 0. The molecule has 0 fully saturated rings. The van der Waals surface area contributed by atoms with E-state index in [1.165, 1.54) is 5.56 Å². The van der Waals surface area contributed by atoms with Crippen LogP contribution in [0.5, 0.6) is 11.5 Å². The number of hydrogen-bond acceptors (Lipinski definition) is 4. The van der Waals surface area contributed by atoms with Crippen molar-refractivity contribution in [3.63, 3.8) is 0 Å². The highest BCUT2D eigenvalue weighted by molar-refractivity contribution is 5.42. The minimum Gasteiger partial charge on any atom is -0.493 e. The van der Waals surface area contributed by atoms with Crippen molar-refractivity contribution in [2.24, 2.45) is 5.92 Å². The maximum atomic E-state index is 8.77. The highest BCUT2D eigenvalue weighted by Gasteiger charge is 2.06. The largest absolute Gasteiger partial charge is 0.493 e. The van der Waals surface area contributed by atoms with Crippen molar-refractivity contribution in [3.8, 4) is 11.5 Å². The Labute approximate surface area is 115 Å². The molecule has 0 bridgehead atoms. The second kappa shape index (κ2) is 8.77. The lowest BCUT2D eigenvalue weighted by Crippen LogP contribution is -2.19. The first-order chi connectivity index (χ1) is 9.17. The summed E-state index contributed by atoms with van der Waals surface area (Å²) in [6.07, 6.45) is 0.624. The Morgan fingerprint density at radius 3 is 2.68 bits per heavy atom. The lowest BCUT2D eigenvalue weighted by molar-refractivity contribution is 0.228. The van der Waals surface area contributed by atoms with E-state index in [9.17, 15) is 0 Å². The van der Waals surface area contributed by atoms with Crippen LogP contribution in [0.4, 0.5) is 0 Å². The number of nitrogens with one attached hydrogen (secondary N) is 1. The molecule has 4 heteroatoms. The second-order valence-corrected chi connectivity index (χ2v) is 4.94. The molecule has 1 aromatic rings. The fourth-order valence-electron chi connectivity index (χ4n) is 1.70. The summed E-state index contributed by atoms with van der Waals surface area (Å²) in [4.78, 5) is 0. The molecule has 1 aromatic carbocycles. The molecule has 108 valence electrons. The zero-order valence-corrected chi connectivity index (χ0v) is 12.1. The average molecular weight is 267 g/mol. The molecule has 0 aromatic heterocycles. The molecule has 1 rings (SSSR count). The maximum Gasteiger partial charge on any atom is 0.161 e. The Kier molecular flexibility index (Phi) is 7.30. The Bertz CT molecular complexity index is 366. The van der Waals surface area contributed by atoms with Gasteiger partial charge in [-0.15, -0.1) is 0 Å². The van der Waals surface area contributed by atoms with E-state index in [1.807, 2.05) is 18.2 Å². The molecule has 19 heavy (non-hydrogen) atoms. The first-order valence-corrected chi connectivity index (χ1v) is 6.78. The molecule has 0 amide bonds. The highest BCUT2D eigenvalue weighted by Crippen LogP contribution is 2.28. The number of hydrogen-bond donors (Lipinski definition) is 2. The molecule has 0 radical (unpaired) electrons. The third-order valence-corrected chi connectivity index (χ3v) is 2.67. The predicted molar refractivity (Wildman–Crippen MR) is 76.7 cm³/mol. The Morgan fingerprint density at radius 1 is 1.26 bits per heavy atom. The van der Waals surface area contributed by atoms with Gasteiger partial charge < -0.3 is 19.9 Å². The summed E-state index contributed by atoms with van der Waals surface area (Å²) in [7, 11) is 1.63. The molecule has 0 unspecified atom stereocenters. The average Bonchev–Trinajstić information content (AvgIpc) is 2.39. The van der Waals surface area contributed by atoms with Gasteiger partial charge in [-0.2, -0.15) is 0 Å². The number of aliphatic hydroxyl groups is 1. The van der Waals surface area contributed by atoms with Crippen molar-refractivity contribution < 1.29 is 14.6 Å². The van der Waals surface area contributed by atoms with E-state index in [0.29, 0.717) is 18.9 Å². The summed E-state index contributed by atoms with van der Waals surface area (Å²) < 4.78 is 10.9. The summed E-state index contributed by atoms with van der Waals surface area (Å²) in [5.41, 5.74) is 1.17. The fraction of sp³-hybridized carbons (Fsp3) is 0.600. The summed E-state index contributed by atoms with van der Waals surface area (Å²) in [6, 6.07) is 5.94. The van der Waals surface area contributed by atoms with E-state index in [4.69, 9.17) is 14.6 Å². The minimum atomic E-state index is 0.137. The zero-order valence-electron chi connectivity index (χ0n) is 12.1. The maximum absolute atomic E-state index is 8.77. The van der Waals surface area contributed by atoms with Crippen LogP contribution in [-0.4, -0.2) is 32.0 Å². The number of methoxy groups -OCH3 is 1. The lowest BCUT2D eigenvalue weighted by atomic mass is 10.2. The van der Waals surface area contributed by atoms with Gasteiger partial charge in [0.25, 0.3) is 0 Å². The molecule has 0 spiro atoms. The van der Waals surface area contributed by atoms with E-state index < -0.39 is 0 Å². The van der Waals surface area contributed by atoms with Crippen molar-refractivity contribution in [2.75, 3.05) is 26.9 Å². The van der Waals surface area contributed by atoms with Crippen LogP contribution in [0.1, 0.15) is 25.8 Å². The van der Waals surface area contributed by atoms with E-state index in [-0.39, 0.29) is 6.61 Å². The number of rotatable bonds is 9. The minimum absolute atomic E-state index is 0.137. The Morgan fingerprint density at radius 2 is 2.05 bits per heavy atom. The van der Waals surface area contributed by atoms with Gasteiger partial charge in [0.2, 0.25) is 0 Å². The van der Waals surface area contributed by atoms with Crippen LogP contribution >= 0.6 is 0 Å². The molecule has 0 atom stereocenters. The summed E-state index contributed by atoms with van der Waals surface area (Å²) in [5.74, 6) is 2.10. The monoisotopic (exact) mass is 267 g/mol. The number of benzene rings is 1. The van der Waals surface area contributed by atoms with Gasteiger partial charge in [0.05, 0.1) is 13.7 Å². The molecule has 0 aliphatic heterocycles. The topological polar surface area (TPSA) is 50.7 Å². The number of aliphatic hydroxyl groups excluding tert-OH is 1. The van der Waals surface area contributed by atoms with Crippen LogP contribution in [0, 0.1) is 5.92 Å². The molecule has 0 saturated carbocycles. The van der Waals surface area contributed by atoms with Gasteiger partial charge in [0.1, 0.15) is 0 Å². The third-order valence-electron chi connectivity index (χ3n) is 2.67. The van der Waals surface area contributed by atoms with Gasteiger partial charge in [-0.05, 0) is 30.2 Å². The standard InChI is InChI=1S/C15H25NO3/c1-12(2)10-16-11-13-5-6-14(18-3)15(9-13)19-8-4-7-17/h5-6,9,12,16-17H,4,7-8,10-11H2,1-3H3. The van der Waals surface area contributed by atoms with Gasteiger partial charge in [0, 0.05) is 19.6 Å². The first kappa shape index (κ1) is 15.8. The van der Waals surface area contributed by atoms with E-state index in [1.54, 1.807) is 7.11 Å². The molecule has 0 saturated heterocycles. The molecule has 0 heterocycles. The highest BCUT2D eigenvalue weighted by atomic mass is 16.5. The molecule has 0 aliphatic carbocycles. The van der Waals surface area contributed by atoms with Crippen LogP contribution in [-0.2, 0) is 6.54 Å². The van der Waals surface area contributed by atoms with Gasteiger partial charge in [0.15, 0.2) is 11.5 Å². The van der Waals surface area contributed by atoms with Gasteiger partial charge in [-0.1, -0.05) is 19.9 Å². The van der Waals surface area contributed by atoms with E-state index >= 15 is 0 Å². The third kappa shape index (κ3) is 5.94. The SMILES string of the molecule is COc1ccc(CNCC(C)C)cc1OCCCO. The molecule has 2 N–H and O–H groups in total. The quantitative estimate of drug-likeness (QED) is 0.674. The van der Waals surface area contributed by atoms with Crippen LogP contribution in [0.25, 0.3) is 0 Å². The lowest BCUT2D eigenvalue weighted by Gasteiger charge is -2.13. The van der Waals surface area contributed by atoms with Crippen molar-refractivity contribution >= 4 is 0 Å². The van der Waals surface area contributed by atoms with E-state index in [2.05, 4.69) is 19.2 Å². The Balaban J connectivity index is 2.60. The van der Waals surface area contributed by atoms with Crippen molar-refractivity contribution in [1.82, 2.24) is 5.32 Å². The summed E-state index contributed by atoms with van der Waals surface area (Å²) in [6.45, 7) is 6.81. The van der Waals surface area contributed by atoms with Gasteiger partial charge in [-0.25, -0.2) is 0 Å². The fourth-order valence-corrected chi connectivity index (χ4v) is 1.70. The van der Waals surface area contributed by atoms with Crippen LogP contribution in [0.3, 0.4) is 0 Å². The molecular weight excluding hydrogens is 242 g/mol. The zero-order chi connectivity index (χ0) is 14.1. The van der Waals surface area contributed by atoms with Gasteiger partial charge in [-0.3, -0.25) is 0 Å². The predicted octanol–water partition coefficient (Wildman–Crippen LogP) is 2.20. The molecule has 0 aliphatic rings. The van der Waals surface area contributed by atoms with Crippen molar-refractivity contribution in [2.45, 2.75) is 26.8 Å². The second-order valence-electron chi connectivity index (χ2n) is 4.94. The number of ether oxygens (including phenoxy) is 2. The van der Waals surface area contributed by atoms with Crippen LogP contribution < -0.4 is 14.8 Å². The normalized spacial score (nSPS) is 10.8. The van der Waals surface area contributed by atoms with Gasteiger partial charge >= 0.3 is 0 Å². The molecular formula is C15H25NO3. The van der Waals surface area contributed by atoms with Crippen LogP contribution in [0.15, 0.2) is 18.2 Å². The van der Waals surface area contributed by atoms with Crippen molar-refractivity contribution in [3.05, 3.63) is 23.8 Å². The molecule has 4 nitrogen and oxygen atoms in total. The first-order valence-electron chi connectivity index (χ1n) is 6.78. The van der Waals surface area contributed by atoms with Crippen LogP contribution in [0.2, 0.25) is 0 Å². The van der Waals surface area contributed by atoms with E-state index in [0.717, 1.165) is 24.6 Å². The smallest absolute Gasteiger partial charge is 0.161 e. The van der Waals surface area contributed by atoms with Crippen molar-refractivity contribution in [1.29, 1.82) is 0 Å². The Hall–Kier alpha value is -1.26. The summed E-state index contributed by atoms with van der Waals surface area (Å²) in [5, 5.41) is 12.2.